The second-order valence-corrected chi connectivity index (χ2v) is 9.60. The van der Waals surface area contributed by atoms with Crippen LogP contribution in [0.4, 0.5) is 11.6 Å². The highest BCUT2D eigenvalue weighted by atomic mass is 35.5. The molecule has 1 aliphatic rings. The summed E-state index contributed by atoms with van der Waals surface area (Å²) in [5.74, 6) is 0.627. The molecule has 5 rings (SSSR count). The number of anilines is 2. The molecule has 0 saturated heterocycles. The molecule has 0 amide bonds. The van der Waals surface area contributed by atoms with Crippen LogP contribution in [0.2, 0.25) is 5.02 Å². The highest BCUT2D eigenvalue weighted by molar-refractivity contribution is 6.33. The number of benzene rings is 2. The van der Waals surface area contributed by atoms with E-state index in [1.54, 1.807) is 6.20 Å². The summed E-state index contributed by atoms with van der Waals surface area (Å²) in [6, 6.07) is 17.2. The summed E-state index contributed by atoms with van der Waals surface area (Å²) in [5, 5.41) is 5.23. The van der Waals surface area contributed by atoms with Gasteiger partial charge in [0, 0.05) is 58.8 Å². The Labute approximate surface area is 209 Å². The van der Waals surface area contributed by atoms with Gasteiger partial charge in [0.1, 0.15) is 0 Å². The molecule has 2 atom stereocenters. The quantitative estimate of drug-likeness (QED) is 0.249. The summed E-state index contributed by atoms with van der Waals surface area (Å²) in [5.41, 5.74) is 4.98. The number of hydrogen-bond acceptors (Lipinski definition) is 5. The van der Waals surface area contributed by atoms with Gasteiger partial charge < -0.3 is 10.3 Å². The standard InChI is InChI=1S/C26H28Cl2N6/c1-34(16-17-9-11-18(33-28)12-10-17)20-6-4-5-19(13-20)31-26-30-15-23(27)25(32-26)22-14-29-24-8-3-2-7-21(22)24/h2-3,7-12,14-15,19-20,29,33H,4-6,13,16H2,1H3,(H,30,31,32)/t19-,20+/m1/s1. The van der Waals surface area contributed by atoms with Gasteiger partial charge in [-0.25, -0.2) is 9.97 Å². The van der Waals surface area contributed by atoms with Crippen LogP contribution in [-0.2, 0) is 6.54 Å². The van der Waals surface area contributed by atoms with E-state index in [-0.39, 0.29) is 0 Å². The number of halogens is 2. The van der Waals surface area contributed by atoms with Crippen molar-refractivity contribution in [3.8, 4) is 11.3 Å². The topological polar surface area (TPSA) is 68.9 Å². The van der Waals surface area contributed by atoms with Gasteiger partial charge in [0.05, 0.1) is 16.9 Å². The average molecular weight is 495 g/mol. The minimum absolute atomic E-state index is 0.320. The van der Waals surface area contributed by atoms with Crippen molar-refractivity contribution in [1.82, 2.24) is 19.9 Å². The summed E-state index contributed by atoms with van der Waals surface area (Å²) >= 11 is 12.2. The number of para-hydroxylation sites is 1. The lowest BCUT2D eigenvalue weighted by Crippen LogP contribution is -2.40. The lowest BCUT2D eigenvalue weighted by Gasteiger charge is -2.35. The molecule has 6 nitrogen and oxygen atoms in total. The van der Waals surface area contributed by atoms with Gasteiger partial charge in [-0.15, -0.1) is 0 Å². The Hall–Kier alpha value is -2.80. The van der Waals surface area contributed by atoms with E-state index in [1.807, 2.05) is 30.5 Å². The van der Waals surface area contributed by atoms with Crippen molar-refractivity contribution < 1.29 is 0 Å². The predicted molar refractivity (Wildman–Crippen MR) is 141 cm³/mol. The van der Waals surface area contributed by atoms with Crippen molar-refractivity contribution in [3.63, 3.8) is 0 Å². The SMILES string of the molecule is CN(Cc1ccc(NCl)cc1)[C@H]1CCC[C@@H](Nc2ncc(Cl)c(-c3c[nH]c4ccccc34)n2)C1. The largest absolute Gasteiger partial charge is 0.360 e. The lowest BCUT2D eigenvalue weighted by molar-refractivity contribution is 0.177. The summed E-state index contributed by atoms with van der Waals surface area (Å²) in [4.78, 5) is 17.7. The zero-order chi connectivity index (χ0) is 23.5. The van der Waals surface area contributed by atoms with E-state index in [0.29, 0.717) is 23.1 Å². The number of aromatic nitrogens is 3. The minimum atomic E-state index is 0.320. The Morgan fingerprint density at radius 3 is 2.76 bits per heavy atom. The predicted octanol–water partition coefficient (Wildman–Crippen LogP) is 6.70. The van der Waals surface area contributed by atoms with Gasteiger partial charge in [-0.05, 0) is 56.5 Å². The van der Waals surface area contributed by atoms with Crippen LogP contribution >= 0.6 is 23.4 Å². The third-order valence-corrected chi connectivity index (χ3v) is 7.18. The van der Waals surface area contributed by atoms with Crippen molar-refractivity contribution in [1.29, 1.82) is 0 Å². The molecule has 8 heteroatoms. The Balaban J connectivity index is 1.27. The Morgan fingerprint density at radius 2 is 1.94 bits per heavy atom. The minimum Gasteiger partial charge on any atom is -0.360 e. The molecule has 176 valence electrons. The molecular formula is C26H28Cl2N6. The van der Waals surface area contributed by atoms with Gasteiger partial charge in [-0.3, -0.25) is 9.74 Å². The normalized spacial score (nSPS) is 18.4. The van der Waals surface area contributed by atoms with Gasteiger partial charge in [-0.2, -0.15) is 0 Å². The fraction of sp³-hybridized carbons (Fsp3) is 0.308. The molecule has 0 unspecified atom stereocenters. The number of aromatic amines is 1. The molecule has 2 aromatic heterocycles. The Morgan fingerprint density at radius 1 is 1.12 bits per heavy atom. The summed E-state index contributed by atoms with van der Waals surface area (Å²) in [7, 11) is 2.20. The molecule has 2 aromatic carbocycles. The van der Waals surface area contributed by atoms with Crippen molar-refractivity contribution >= 4 is 45.9 Å². The van der Waals surface area contributed by atoms with Crippen molar-refractivity contribution in [2.24, 2.45) is 0 Å². The number of rotatable bonds is 7. The number of hydrogen-bond donors (Lipinski definition) is 3. The van der Waals surface area contributed by atoms with Crippen LogP contribution in [-0.4, -0.2) is 39.0 Å². The molecule has 4 aromatic rings. The molecule has 1 saturated carbocycles. The van der Waals surface area contributed by atoms with E-state index in [1.165, 1.54) is 18.4 Å². The van der Waals surface area contributed by atoms with Crippen LogP contribution < -0.4 is 10.2 Å². The van der Waals surface area contributed by atoms with Crippen molar-refractivity contribution in [3.05, 3.63) is 71.5 Å². The second kappa shape index (κ2) is 10.2. The third-order valence-electron chi connectivity index (χ3n) is 6.69. The summed E-state index contributed by atoms with van der Waals surface area (Å²) in [6.45, 7) is 0.905. The number of nitrogens with one attached hydrogen (secondary N) is 3. The van der Waals surface area contributed by atoms with Crippen LogP contribution in [0, 0.1) is 0 Å². The number of nitrogens with zero attached hydrogens (tertiary/aromatic N) is 3. The van der Waals surface area contributed by atoms with Gasteiger partial charge in [0.2, 0.25) is 5.95 Å². The first-order valence-corrected chi connectivity index (χ1v) is 12.4. The molecule has 0 spiro atoms. The molecule has 1 fully saturated rings. The van der Waals surface area contributed by atoms with Crippen LogP contribution in [0.5, 0.6) is 0 Å². The molecule has 3 N–H and O–H groups in total. The molecule has 1 aliphatic carbocycles. The van der Waals surface area contributed by atoms with Gasteiger partial charge in [0.15, 0.2) is 0 Å². The molecule has 2 heterocycles. The molecular weight excluding hydrogens is 467 g/mol. The van der Waals surface area contributed by atoms with E-state index in [0.717, 1.165) is 47.2 Å². The van der Waals surface area contributed by atoms with Crippen molar-refractivity contribution in [2.45, 2.75) is 44.3 Å². The average Bonchev–Trinajstić information content (AvgIpc) is 3.30. The second-order valence-electron chi connectivity index (χ2n) is 9.01. The number of fused-ring (bicyclic) bond motifs is 1. The highest BCUT2D eigenvalue weighted by Crippen LogP contribution is 2.33. The molecule has 0 radical (unpaired) electrons. The monoisotopic (exact) mass is 494 g/mol. The smallest absolute Gasteiger partial charge is 0.223 e. The Bertz CT molecular complexity index is 1260. The first kappa shape index (κ1) is 23.0. The third kappa shape index (κ3) is 4.99. The number of H-pyrrole nitrogens is 1. The maximum atomic E-state index is 6.51. The maximum Gasteiger partial charge on any atom is 0.223 e. The first-order chi connectivity index (χ1) is 16.6. The lowest BCUT2D eigenvalue weighted by atomic mass is 9.90. The zero-order valence-electron chi connectivity index (χ0n) is 19.1. The molecule has 0 bridgehead atoms. The van der Waals surface area contributed by atoms with Crippen LogP contribution in [0.15, 0.2) is 60.9 Å². The van der Waals surface area contributed by atoms with Crippen molar-refractivity contribution in [2.75, 3.05) is 17.2 Å². The van der Waals surface area contributed by atoms with Gasteiger partial charge >= 0.3 is 0 Å². The van der Waals surface area contributed by atoms with E-state index in [4.69, 9.17) is 28.4 Å². The van der Waals surface area contributed by atoms with E-state index >= 15 is 0 Å². The maximum absolute atomic E-state index is 6.51. The first-order valence-electron chi connectivity index (χ1n) is 11.6. The summed E-state index contributed by atoms with van der Waals surface area (Å²) in [6.07, 6.45) is 8.17. The molecule has 0 aliphatic heterocycles. The summed E-state index contributed by atoms with van der Waals surface area (Å²) < 4.78 is 0. The van der Waals surface area contributed by atoms with E-state index in [9.17, 15) is 0 Å². The van der Waals surface area contributed by atoms with Crippen LogP contribution in [0.1, 0.15) is 31.2 Å². The Kier molecular flexibility index (Phi) is 6.90. The zero-order valence-corrected chi connectivity index (χ0v) is 20.6. The van der Waals surface area contributed by atoms with Crippen LogP contribution in [0.25, 0.3) is 22.2 Å². The fourth-order valence-electron chi connectivity index (χ4n) is 4.86. The fourth-order valence-corrected chi connectivity index (χ4v) is 5.18. The van der Waals surface area contributed by atoms with Gasteiger partial charge in [0.25, 0.3) is 0 Å². The van der Waals surface area contributed by atoms with E-state index in [2.05, 4.69) is 56.3 Å². The van der Waals surface area contributed by atoms with E-state index < -0.39 is 0 Å². The molecule has 34 heavy (non-hydrogen) atoms. The highest BCUT2D eigenvalue weighted by Gasteiger charge is 2.26. The van der Waals surface area contributed by atoms with Gasteiger partial charge in [-0.1, -0.05) is 41.9 Å². The van der Waals surface area contributed by atoms with Crippen LogP contribution in [0.3, 0.4) is 0 Å².